The highest BCUT2D eigenvalue weighted by atomic mass is 16.1. The second kappa shape index (κ2) is 8.57. The van der Waals surface area contributed by atoms with E-state index in [4.69, 9.17) is 0 Å². The number of hydrogen-bond acceptors (Lipinski definition) is 1. The van der Waals surface area contributed by atoms with Crippen molar-refractivity contribution in [1.29, 1.82) is 0 Å². The maximum absolute atomic E-state index is 13.9. The van der Waals surface area contributed by atoms with Gasteiger partial charge in [-0.05, 0) is 34.6 Å². The van der Waals surface area contributed by atoms with Crippen LogP contribution in [0.2, 0.25) is 0 Å². The number of Topliss-reactive ketones (excluding diaryl/α,β-unsaturated/α-hetero) is 1. The van der Waals surface area contributed by atoms with Crippen molar-refractivity contribution in [2.75, 3.05) is 0 Å². The van der Waals surface area contributed by atoms with Gasteiger partial charge < -0.3 is 0 Å². The van der Waals surface area contributed by atoms with Gasteiger partial charge in [0, 0.05) is 17.1 Å². The van der Waals surface area contributed by atoms with Crippen molar-refractivity contribution >= 4 is 11.4 Å². The van der Waals surface area contributed by atoms with Crippen LogP contribution < -0.4 is 0 Å². The molecule has 0 N–H and O–H groups in total. The number of rotatable bonds is 5. The number of hydrogen-bond donors (Lipinski definition) is 0. The van der Waals surface area contributed by atoms with Gasteiger partial charge in [0.25, 0.3) is 0 Å². The van der Waals surface area contributed by atoms with Crippen molar-refractivity contribution in [3.63, 3.8) is 0 Å². The Hall–Kier alpha value is -3.71. The average Bonchev–Trinajstić information content (AvgIpc) is 3.26. The second-order valence-corrected chi connectivity index (χ2v) is 8.06. The molecule has 2 atom stereocenters. The summed E-state index contributed by atoms with van der Waals surface area (Å²) in [6, 6.07) is 41.2. The number of carbonyl (C=O) groups excluding carboxylic acids is 1. The zero-order chi connectivity index (χ0) is 21.0. The Morgan fingerprint density at radius 1 is 0.581 bits per heavy atom. The first-order valence-corrected chi connectivity index (χ1v) is 10.8. The Kier molecular flexibility index (Phi) is 5.33. The van der Waals surface area contributed by atoms with Gasteiger partial charge in [0.2, 0.25) is 0 Å². The first-order chi connectivity index (χ1) is 15.3. The van der Waals surface area contributed by atoms with E-state index in [0.29, 0.717) is 0 Å². The van der Waals surface area contributed by atoms with Gasteiger partial charge >= 0.3 is 0 Å². The number of benzene rings is 4. The molecule has 0 saturated heterocycles. The van der Waals surface area contributed by atoms with Crippen molar-refractivity contribution in [3.05, 3.63) is 149 Å². The fourth-order valence-electron chi connectivity index (χ4n) is 4.84. The van der Waals surface area contributed by atoms with Gasteiger partial charge in [-0.25, -0.2) is 0 Å². The Morgan fingerprint density at radius 3 is 1.65 bits per heavy atom. The Morgan fingerprint density at radius 2 is 1.06 bits per heavy atom. The van der Waals surface area contributed by atoms with E-state index in [2.05, 4.69) is 78.9 Å². The Labute approximate surface area is 183 Å². The third-order valence-electron chi connectivity index (χ3n) is 6.25. The zero-order valence-electron chi connectivity index (χ0n) is 17.3. The molecule has 4 aromatic rings. The first-order valence-electron chi connectivity index (χ1n) is 10.8. The third kappa shape index (κ3) is 3.75. The van der Waals surface area contributed by atoms with Gasteiger partial charge in [-0.1, -0.05) is 121 Å². The van der Waals surface area contributed by atoms with E-state index in [1.54, 1.807) is 0 Å². The monoisotopic (exact) mass is 400 g/mol. The van der Waals surface area contributed by atoms with Crippen LogP contribution in [0.5, 0.6) is 0 Å². The molecule has 0 amide bonds. The molecule has 5 rings (SSSR count). The average molecular weight is 401 g/mol. The third-order valence-corrected chi connectivity index (χ3v) is 6.25. The van der Waals surface area contributed by atoms with E-state index in [1.165, 1.54) is 11.1 Å². The number of allylic oxidation sites excluding steroid dienone is 2. The predicted octanol–water partition coefficient (Wildman–Crippen LogP) is 7.29. The standard InChI is InChI=1S/C30H24O/c31-30(25-19-11-4-12-20-25)29-27(23-15-7-2-8-16-23)21-26(22-13-5-1-6-14-22)28(29)24-17-9-3-10-18-24/h1-20,26,28H,21H2/t26-,28+/m1/s1. The highest BCUT2D eigenvalue weighted by Crippen LogP contribution is 2.53. The lowest BCUT2D eigenvalue weighted by Gasteiger charge is -2.23. The van der Waals surface area contributed by atoms with E-state index >= 15 is 0 Å². The van der Waals surface area contributed by atoms with Crippen LogP contribution in [0.25, 0.3) is 5.57 Å². The minimum Gasteiger partial charge on any atom is -0.289 e. The first kappa shape index (κ1) is 19.3. The van der Waals surface area contributed by atoms with E-state index in [9.17, 15) is 4.79 Å². The molecule has 1 aliphatic carbocycles. The van der Waals surface area contributed by atoms with Crippen LogP contribution in [-0.4, -0.2) is 5.78 Å². The molecule has 0 radical (unpaired) electrons. The lowest BCUT2D eigenvalue weighted by molar-refractivity contribution is 0.102. The van der Waals surface area contributed by atoms with Crippen LogP contribution >= 0.6 is 0 Å². The van der Waals surface area contributed by atoms with E-state index in [1.807, 2.05) is 42.5 Å². The summed E-state index contributed by atoms with van der Waals surface area (Å²) in [5.41, 5.74) is 6.46. The van der Waals surface area contributed by atoms with Gasteiger partial charge in [-0.3, -0.25) is 4.79 Å². The van der Waals surface area contributed by atoms with Gasteiger partial charge in [-0.2, -0.15) is 0 Å². The molecule has 0 saturated carbocycles. The summed E-state index contributed by atoms with van der Waals surface area (Å²) < 4.78 is 0. The molecule has 1 heteroatoms. The normalized spacial score (nSPS) is 18.2. The largest absolute Gasteiger partial charge is 0.289 e. The quantitative estimate of drug-likeness (QED) is 0.321. The molecule has 1 nitrogen and oxygen atoms in total. The summed E-state index contributed by atoms with van der Waals surface area (Å²) in [5.74, 6) is 0.375. The maximum atomic E-state index is 13.9. The molecule has 1 aliphatic rings. The maximum Gasteiger partial charge on any atom is 0.189 e. The van der Waals surface area contributed by atoms with Gasteiger partial charge in [0.1, 0.15) is 0 Å². The predicted molar refractivity (Wildman–Crippen MR) is 127 cm³/mol. The van der Waals surface area contributed by atoms with Crippen LogP contribution in [-0.2, 0) is 0 Å². The molecule has 0 unspecified atom stereocenters. The number of carbonyl (C=O) groups is 1. The van der Waals surface area contributed by atoms with Crippen LogP contribution in [0.15, 0.2) is 127 Å². The number of ketones is 1. The van der Waals surface area contributed by atoms with Gasteiger partial charge in [0.05, 0.1) is 0 Å². The van der Waals surface area contributed by atoms with Gasteiger partial charge in [0.15, 0.2) is 5.78 Å². The van der Waals surface area contributed by atoms with Crippen LogP contribution in [0, 0.1) is 0 Å². The zero-order valence-corrected chi connectivity index (χ0v) is 17.3. The summed E-state index contributed by atoms with van der Waals surface area (Å²) in [4.78, 5) is 13.9. The van der Waals surface area contributed by atoms with Crippen molar-refractivity contribution < 1.29 is 4.79 Å². The summed E-state index contributed by atoms with van der Waals surface area (Å²) in [6.45, 7) is 0. The van der Waals surface area contributed by atoms with Crippen LogP contribution in [0.4, 0.5) is 0 Å². The second-order valence-electron chi connectivity index (χ2n) is 8.06. The summed E-state index contributed by atoms with van der Waals surface area (Å²) in [6.07, 6.45) is 0.849. The molecule has 150 valence electrons. The Balaban J connectivity index is 1.73. The fourth-order valence-corrected chi connectivity index (χ4v) is 4.84. The smallest absolute Gasteiger partial charge is 0.189 e. The van der Waals surface area contributed by atoms with Crippen molar-refractivity contribution in [2.45, 2.75) is 18.3 Å². The lowest BCUT2D eigenvalue weighted by Crippen LogP contribution is -2.14. The highest BCUT2D eigenvalue weighted by Gasteiger charge is 2.40. The molecule has 4 aromatic carbocycles. The molecule has 31 heavy (non-hydrogen) atoms. The fraction of sp³-hybridized carbons (Fsp3) is 0.100. The molecule has 0 fully saturated rings. The molecule has 0 aromatic heterocycles. The Bertz CT molecular complexity index is 1190. The molecule has 0 aliphatic heterocycles. The minimum absolute atomic E-state index is 0.0199. The molecular formula is C30H24O. The minimum atomic E-state index is 0.0199. The lowest BCUT2D eigenvalue weighted by atomic mass is 9.79. The van der Waals surface area contributed by atoms with E-state index in [0.717, 1.165) is 28.7 Å². The SMILES string of the molecule is O=C(C1=C(c2ccccc2)C[C@H](c2ccccc2)[C@@H]1c1ccccc1)c1ccccc1. The highest BCUT2D eigenvalue weighted by molar-refractivity contribution is 6.15. The molecular weight excluding hydrogens is 376 g/mol. The summed E-state index contributed by atoms with van der Waals surface area (Å²) in [5, 5.41) is 0. The summed E-state index contributed by atoms with van der Waals surface area (Å²) >= 11 is 0. The molecule has 0 spiro atoms. The topological polar surface area (TPSA) is 17.1 Å². The molecule has 0 heterocycles. The van der Waals surface area contributed by atoms with Crippen LogP contribution in [0.1, 0.15) is 45.3 Å². The van der Waals surface area contributed by atoms with Crippen molar-refractivity contribution in [2.24, 2.45) is 0 Å². The van der Waals surface area contributed by atoms with E-state index < -0.39 is 0 Å². The molecule has 0 bridgehead atoms. The van der Waals surface area contributed by atoms with Crippen molar-refractivity contribution in [3.8, 4) is 0 Å². The van der Waals surface area contributed by atoms with E-state index in [-0.39, 0.29) is 17.6 Å². The van der Waals surface area contributed by atoms with Crippen molar-refractivity contribution in [1.82, 2.24) is 0 Å². The van der Waals surface area contributed by atoms with Crippen LogP contribution in [0.3, 0.4) is 0 Å². The summed E-state index contributed by atoms with van der Waals surface area (Å²) in [7, 11) is 0. The van der Waals surface area contributed by atoms with Gasteiger partial charge in [-0.15, -0.1) is 0 Å².